The van der Waals surface area contributed by atoms with Crippen molar-refractivity contribution in [2.45, 2.75) is 17.7 Å². The van der Waals surface area contributed by atoms with Gasteiger partial charge in [0.2, 0.25) is 10.0 Å². The number of imidazole rings is 1. The largest absolute Gasteiger partial charge is 0.338 e. The Morgan fingerprint density at radius 1 is 1.00 bits per heavy atom. The molecule has 2 heterocycles. The first kappa shape index (κ1) is 14.4. The second-order valence-electron chi connectivity index (χ2n) is 5.74. The highest BCUT2D eigenvalue weighted by molar-refractivity contribution is 7.89. The molecule has 1 aliphatic heterocycles. The van der Waals surface area contributed by atoms with Crippen LogP contribution in [0.2, 0.25) is 0 Å². The Kier molecular flexibility index (Phi) is 3.43. The molecule has 23 heavy (non-hydrogen) atoms. The standard InChI is InChI=1S/C17H17N3O2S/c21-23(22,20-10-4-5-11-20)14-8-9-15-16(12-14)19-17(18-15)13-6-2-1-3-7-13/h1-3,6-9,12H,4-5,10-11H2,(H,18,19). The molecule has 118 valence electrons. The van der Waals surface area contributed by atoms with Crippen LogP contribution in [0, 0.1) is 0 Å². The second-order valence-corrected chi connectivity index (χ2v) is 7.68. The van der Waals surface area contributed by atoms with Crippen LogP contribution in [-0.2, 0) is 10.0 Å². The summed E-state index contributed by atoms with van der Waals surface area (Å²) < 4.78 is 26.8. The number of hydrogen-bond acceptors (Lipinski definition) is 3. The summed E-state index contributed by atoms with van der Waals surface area (Å²) in [7, 11) is -3.41. The van der Waals surface area contributed by atoms with Crippen LogP contribution in [0.3, 0.4) is 0 Å². The van der Waals surface area contributed by atoms with Crippen molar-refractivity contribution in [2.75, 3.05) is 13.1 Å². The van der Waals surface area contributed by atoms with Gasteiger partial charge in [-0.1, -0.05) is 30.3 Å². The SMILES string of the molecule is O=S(=O)(c1ccc2[nH]c(-c3ccccc3)nc2c1)N1CCCC1. The molecule has 4 rings (SSSR count). The molecule has 3 aromatic rings. The first-order valence-corrected chi connectivity index (χ1v) is 9.14. The van der Waals surface area contributed by atoms with Gasteiger partial charge in [-0.25, -0.2) is 13.4 Å². The Balaban J connectivity index is 1.76. The first-order valence-electron chi connectivity index (χ1n) is 7.70. The van der Waals surface area contributed by atoms with Crippen molar-refractivity contribution in [3.8, 4) is 11.4 Å². The quantitative estimate of drug-likeness (QED) is 0.804. The van der Waals surface area contributed by atoms with Gasteiger partial charge in [-0.3, -0.25) is 0 Å². The summed E-state index contributed by atoms with van der Waals surface area (Å²) in [5, 5.41) is 0. The molecular formula is C17H17N3O2S. The lowest BCUT2D eigenvalue weighted by atomic mass is 10.2. The van der Waals surface area contributed by atoms with Crippen molar-refractivity contribution < 1.29 is 8.42 Å². The van der Waals surface area contributed by atoms with Crippen LogP contribution in [0.4, 0.5) is 0 Å². The number of nitrogens with one attached hydrogen (secondary N) is 1. The number of aromatic amines is 1. The number of fused-ring (bicyclic) bond motifs is 1. The molecule has 0 amide bonds. The third-order valence-electron chi connectivity index (χ3n) is 4.20. The van der Waals surface area contributed by atoms with Crippen molar-refractivity contribution in [2.24, 2.45) is 0 Å². The van der Waals surface area contributed by atoms with Gasteiger partial charge in [-0.05, 0) is 31.0 Å². The molecule has 1 aromatic heterocycles. The summed E-state index contributed by atoms with van der Waals surface area (Å²) in [5.41, 5.74) is 2.49. The van der Waals surface area contributed by atoms with Gasteiger partial charge >= 0.3 is 0 Å². The van der Waals surface area contributed by atoms with Crippen LogP contribution in [0.15, 0.2) is 53.4 Å². The number of nitrogens with zero attached hydrogens (tertiary/aromatic N) is 2. The lowest BCUT2D eigenvalue weighted by molar-refractivity contribution is 0.477. The molecule has 0 aliphatic carbocycles. The third-order valence-corrected chi connectivity index (χ3v) is 6.10. The van der Waals surface area contributed by atoms with Crippen LogP contribution in [0.5, 0.6) is 0 Å². The molecule has 1 aliphatic rings. The smallest absolute Gasteiger partial charge is 0.243 e. The summed E-state index contributed by atoms with van der Waals surface area (Å²) in [4.78, 5) is 8.10. The van der Waals surface area contributed by atoms with Gasteiger partial charge in [0.15, 0.2) is 0 Å². The molecule has 1 saturated heterocycles. The van der Waals surface area contributed by atoms with Gasteiger partial charge in [0, 0.05) is 18.7 Å². The normalized spacial score (nSPS) is 16.2. The number of hydrogen-bond donors (Lipinski definition) is 1. The zero-order valence-corrected chi connectivity index (χ0v) is 13.4. The lowest BCUT2D eigenvalue weighted by Gasteiger charge is -2.15. The first-order chi connectivity index (χ1) is 11.1. The van der Waals surface area contributed by atoms with Gasteiger partial charge in [-0.15, -0.1) is 0 Å². The molecule has 0 saturated carbocycles. The minimum absolute atomic E-state index is 0.318. The minimum atomic E-state index is -3.41. The lowest BCUT2D eigenvalue weighted by Crippen LogP contribution is -2.27. The fourth-order valence-corrected chi connectivity index (χ4v) is 4.49. The third kappa shape index (κ3) is 2.54. The molecule has 0 spiro atoms. The van der Waals surface area contributed by atoms with Crippen molar-refractivity contribution in [1.29, 1.82) is 0 Å². The average Bonchev–Trinajstić information content (AvgIpc) is 3.24. The predicted octanol–water partition coefficient (Wildman–Crippen LogP) is 3.01. The van der Waals surface area contributed by atoms with Crippen LogP contribution in [0.1, 0.15) is 12.8 Å². The van der Waals surface area contributed by atoms with Gasteiger partial charge < -0.3 is 4.98 Å². The molecule has 1 N–H and O–H groups in total. The molecule has 0 unspecified atom stereocenters. The molecule has 1 fully saturated rings. The van der Waals surface area contributed by atoms with Crippen molar-refractivity contribution in [1.82, 2.24) is 14.3 Å². The number of H-pyrrole nitrogens is 1. The monoisotopic (exact) mass is 327 g/mol. The van der Waals surface area contributed by atoms with E-state index in [9.17, 15) is 8.42 Å². The van der Waals surface area contributed by atoms with Gasteiger partial charge in [0.1, 0.15) is 5.82 Å². The van der Waals surface area contributed by atoms with E-state index in [0.29, 0.717) is 23.5 Å². The second kappa shape index (κ2) is 5.47. The van der Waals surface area contributed by atoms with Crippen molar-refractivity contribution >= 4 is 21.1 Å². The highest BCUT2D eigenvalue weighted by Crippen LogP contribution is 2.25. The van der Waals surface area contributed by atoms with E-state index in [1.54, 1.807) is 22.5 Å². The number of aromatic nitrogens is 2. The van der Waals surface area contributed by atoms with Crippen LogP contribution >= 0.6 is 0 Å². The topological polar surface area (TPSA) is 66.1 Å². The Morgan fingerprint density at radius 2 is 1.74 bits per heavy atom. The Hall–Kier alpha value is -2.18. The Labute approximate surface area is 135 Å². The van der Waals surface area contributed by atoms with E-state index in [4.69, 9.17) is 0 Å². The zero-order valence-electron chi connectivity index (χ0n) is 12.6. The van der Waals surface area contributed by atoms with E-state index in [1.807, 2.05) is 30.3 Å². The fraction of sp³-hybridized carbons (Fsp3) is 0.235. The number of sulfonamides is 1. The molecule has 0 bridgehead atoms. The van der Waals surface area contributed by atoms with Crippen LogP contribution < -0.4 is 0 Å². The molecule has 5 nitrogen and oxygen atoms in total. The Bertz CT molecular complexity index is 942. The van der Waals surface area contributed by atoms with Gasteiger partial charge in [0.25, 0.3) is 0 Å². The summed E-state index contributed by atoms with van der Waals surface area (Å²) in [6, 6.07) is 14.9. The zero-order chi connectivity index (χ0) is 15.9. The van der Waals surface area contributed by atoms with Crippen LogP contribution in [0.25, 0.3) is 22.4 Å². The summed E-state index contributed by atoms with van der Waals surface area (Å²) >= 11 is 0. The van der Waals surface area contributed by atoms with Gasteiger partial charge in [0.05, 0.1) is 15.9 Å². The van der Waals surface area contributed by atoms with Crippen molar-refractivity contribution in [3.63, 3.8) is 0 Å². The highest BCUT2D eigenvalue weighted by Gasteiger charge is 2.27. The maximum atomic E-state index is 12.6. The maximum Gasteiger partial charge on any atom is 0.243 e. The summed E-state index contributed by atoms with van der Waals surface area (Å²) in [5.74, 6) is 0.747. The average molecular weight is 327 g/mol. The molecular weight excluding hydrogens is 310 g/mol. The van der Waals surface area contributed by atoms with Crippen molar-refractivity contribution in [3.05, 3.63) is 48.5 Å². The predicted molar refractivity (Wildman–Crippen MR) is 89.5 cm³/mol. The number of rotatable bonds is 3. The molecule has 0 atom stereocenters. The van der Waals surface area contributed by atoms with E-state index in [1.165, 1.54) is 0 Å². The highest BCUT2D eigenvalue weighted by atomic mass is 32.2. The van der Waals surface area contributed by atoms with E-state index in [2.05, 4.69) is 9.97 Å². The minimum Gasteiger partial charge on any atom is -0.338 e. The molecule has 0 radical (unpaired) electrons. The molecule has 2 aromatic carbocycles. The van der Waals surface area contributed by atoms with E-state index < -0.39 is 10.0 Å². The maximum absolute atomic E-state index is 12.6. The van der Waals surface area contributed by atoms with Crippen LogP contribution in [-0.4, -0.2) is 35.8 Å². The fourth-order valence-electron chi connectivity index (χ4n) is 2.96. The van der Waals surface area contributed by atoms with E-state index >= 15 is 0 Å². The van der Waals surface area contributed by atoms with E-state index in [0.717, 1.165) is 29.7 Å². The molecule has 6 heteroatoms. The van der Waals surface area contributed by atoms with E-state index in [-0.39, 0.29) is 0 Å². The summed E-state index contributed by atoms with van der Waals surface area (Å²) in [6.07, 6.45) is 1.87. The summed E-state index contributed by atoms with van der Waals surface area (Å²) in [6.45, 7) is 1.21. The Morgan fingerprint density at radius 3 is 2.48 bits per heavy atom. The number of benzene rings is 2. The van der Waals surface area contributed by atoms with Gasteiger partial charge in [-0.2, -0.15) is 4.31 Å².